The van der Waals surface area contributed by atoms with Gasteiger partial charge in [-0.2, -0.15) is 0 Å². The van der Waals surface area contributed by atoms with Crippen LogP contribution in [-0.2, 0) is 4.74 Å². The molecule has 3 aromatic heterocycles. The molecular formula is C13H9BrClN3O2. The number of nitrogens with one attached hydrogen (secondary N) is 1. The first kappa shape index (κ1) is 13.3. The van der Waals surface area contributed by atoms with Crippen LogP contribution in [0, 0.1) is 0 Å². The molecule has 0 aliphatic rings. The molecule has 3 aromatic rings. The molecule has 0 spiro atoms. The number of hydrogen-bond acceptors (Lipinski definition) is 4. The first-order valence-electron chi connectivity index (χ1n) is 5.90. The summed E-state index contributed by atoms with van der Waals surface area (Å²) in [7, 11) is 0. The number of rotatable bonds is 2. The van der Waals surface area contributed by atoms with Crippen LogP contribution in [0.15, 0.2) is 22.8 Å². The smallest absolute Gasteiger partial charge is 0.356 e. The van der Waals surface area contributed by atoms with Gasteiger partial charge in [0.15, 0.2) is 5.69 Å². The van der Waals surface area contributed by atoms with E-state index in [0.29, 0.717) is 21.6 Å². The average Bonchev–Trinajstić information content (AvgIpc) is 2.77. The Morgan fingerprint density at radius 1 is 1.45 bits per heavy atom. The second kappa shape index (κ2) is 5.03. The lowest BCUT2D eigenvalue weighted by molar-refractivity contribution is 0.0520. The maximum absolute atomic E-state index is 11.8. The van der Waals surface area contributed by atoms with E-state index in [2.05, 4.69) is 30.9 Å². The van der Waals surface area contributed by atoms with Crippen LogP contribution in [0.3, 0.4) is 0 Å². The summed E-state index contributed by atoms with van der Waals surface area (Å²) in [6.07, 6.45) is 1.67. The van der Waals surface area contributed by atoms with Gasteiger partial charge in [0.05, 0.1) is 22.7 Å². The normalized spacial score (nSPS) is 11.2. The van der Waals surface area contributed by atoms with Gasteiger partial charge in [0.1, 0.15) is 11.0 Å². The predicted molar refractivity (Wildman–Crippen MR) is 80.1 cm³/mol. The van der Waals surface area contributed by atoms with E-state index in [1.807, 2.05) is 6.07 Å². The maximum Gasteiger partial charge on any atom is 0.356 e. The van der Waals surface area contributed by atoms with Crippen molar-refractivity contribution in [3.63, 3.8) is 0 Å². The zero-order valence-electron chi connectivity index (χ0n) is 10.4. The molecule has 3 heterocycles. The van der Waals surface area contributed by atoms with E-state index in [-0.39, 0.29) is 12.3 Å². The molecule has 0 unspecified atom stereocenters. The summed E-state index contributed by atoms with van der Waals surface area (Å²) in [5, 5.41) is 0.409. The van der Waals surface area contributed by atoms with Gasteiger partial charge >= 0.3 is 5.97 Å². The molecule has 0 saturated carbocycles. The molecule has 1 N–H and O–H groups in total. The molecule has 0 bridgehead atoms. The third kappa shape index (κ3) is 2.14. The van der Waals surface area contributed by atoms with Gasteiger partial charge in [0, 0.05) is 10.7 Å². The van der Waals surface area contributed by atoms with Crippen molar-refractivity contribution in [2.45, 2.75) is 6.92 Å². The first-order chi connectivity index (χ1) is 9.60. The van der Waals surface area contributed by atoms with E-state index < -0.39 is 5.97 Å². The number of nitrogens with zero attached hydrogens (tertiary/aromatic N) is 2. The van der Waals surface area contributed by atoms with Crippen molar-refractivity contribution in [2.75, 3.05) is 6.61 Å². The van der Waals surface area contributed by atoms with Gasteiger partial charge in [-0.15, -0.1) is 0 Å². The maximum atomic E-state index is 11.8. The van der Waals surface area contributed by atoms with Crippen LogP contribution in [-0.4, -0.2) is 27.5 Å². The number of H-pyrrole nitrogens is 1. The van der Waals surface area contributed by atoms with E-state index in [4.69, 9.17) is 16.3 Å². The highest BCUT2D eigenvalue weighted by atomic mass is 79.9. The number of hydrogen-bond donors (Lipinski definition) is 1. The average molecular weight is 355 g/mol. The van der Waals surface area contributed by atoms with Gasteiger partial charge in [-0.1, -0.05) is 11.6 Å². The number of pyridine rings is 2. The standard InChI is InChI=1S/C13H9BrClN3O2/c1-2-20-13(19)9-4-7(15)10-12(18-9)11-8(17-10)3-6(14)5-16-11/h3-5,17H,2H2,1H3. The van der Waals surface area contributed by atoms with Crippen molar-refractivity contribution < 1.29 is 9.53 Å². The van der Waals surface area contributed by atoms with Crippen LogP contribution in [0.5, 0.6) is 0 Å². The minimum absolute atomic E-state index is 0.176. The van der Waals surface area contributed by atoms with Gasteiger partial charge in [-0.3, -0.25) is 4.98 Å². The molecule has 0 radical (unpaired) electrons. The topological polar surface area (TPSA) is 67.9 Å². The highest BCUT2D eigenvalue weighted by Gasteiger charge is 2.16. The van der Waals surface area contributed by atoms with Crippen molar-refractivity contribution in [2.24, 2.45) is 0 Å². The van der Waals surface area contributed by atoms with E-state index in [9.17, 15) is 4.79 Å². The molecule has 0 saturated heterocycles. The Bertz CT molecular complexity index is 831. The molecule has 5 nitrogen and oxygen atoms in total. The molecule has 0 atom stereocenters. The number of carbonyl (C=O) groups excluding carboxylic acids is 1. The minimum atomic E-state index is -0.497. The van der Waals surface area contributed by atoms with Crippen LogP contribution >= 0.6 is 27.5 Å². The van der Waals surface area contributed by atoms with Crippen molar-refractivity contribution in [3.05, 3.63) is 33.5 Å². The molecule has 0 amide bonds. The number of aromatic nitrogens is 3. The number of ether oxygens (including phenoxy) is 1. The fourth-order valence-electron chi connectivity index (χ4n) is 1.97. The van der Waals surface area contributed by atoms with Crippen molar-refractivity contribution in [3.8, 4) is 0 Å². The molecule has 0 aliphatic carbocycles. The minimum Gasteiger partial charge on any atom is -0.461 e. The highest BCUT2D eigenvalue weighted by molar-refractivity contribution is 9.10. The second-order valence-corrected chi connectivity index (χ2v) is 5.43. The Balaban J connectivity index is 2.29. The lowest BCUT2D eigenvalue weighted by Gasteiger charge is -2.02. The predicted octanol–water partition coefficient (Wildman–Crippen LogP) is 3.70. The number of aromatic amines is 1. The highest BCUT2D eigenvalue weighted by Crippen LogP contribution is 2.29. The van der Waals surface area contributed by atoms with Gasteiger partial charge in [0.2, 0.25) is 0 Å². The van der Waals surface area contributed by atoms with Crippen LogP contribution in [0.1, 0.15) is 17.4 Å². The monoisotopic (exact) mass is 353 g/mol. The molecule has 0 fully saturated rings. The molecule has 20 heavy (non-hydrogen) atoms. The zero-order valence-corrected chi connectivity index (χ0v) is 12.7. The van der Waals surface area contributed by atoms with Crippen LogP contribution in [0.4, 0.5) is 0 Å². The Hall–Kier alpha value is -1.66. The Morgan fingerprint density at radius 2 is 2.25 bits per heavy atom. The van der Waals surface area contributed by atoms with Crippen LogP contribution in [0.2, 0.25) is 5.02 Å². The fraction of sp³-hybridized carbons (Fsp3) is 0.154. The summed E-state index contributed by atoms with van der Waals surface area (Å²) >= 11 is 9.56. The van der Waals surface area contributed by atoms with Crippen LogP contribution < -0.4 is 0 Å². The van der Waals surface area contributed by atoms with Gasteiger partial charge in [0.25, 0.3) is 0 Å². The lowest BCUT2D eigenvalue weighted by atomic mass is 10.3. The largest absolute Gasteiger partial charge is 0.461 e. The summed E-state index contributed by atoms with van der Waals surface area (Å²) in [4.78, 5) is 23.5. The van der Waals surface area contributed by atoms with Gasteiger partial charge < -0.3 is 9.72 Å². The Labute approximate surface area is 127 Å². The molecular weight excluding hydrogens is 346 g/mol. The van der Waals surface area contributed by atoms with E-state index in [1.165, 1.54) is 6.07 Å². The van der Waals surface area contributed by atoms with Crippen molar-refractivity contribution in [1.82, 2.24) is 15.0 Å². The molecule has 102 valence electrons. The van der Waals surface area contributed by atoms with E-state index in [0.717, 1.165) is 9.99 Å². The molecule has 7 heteroatoms. The molecule has 0 aromatic carbocycles. The summed E-state index contributed by atoms with van der Waals surface area (Å²) in [5.74, 6) is -0.497. The second-order valence-electron chi connectivity index (χ2n) is 4.11. The van der Waals surface area contributed by atoms with E-state index in [1.54, 1.807) is 13.1 Å². The number of carbonyl (C=O) groups is 1. The quantitative estimate of drug-likeness (QED) is 0.712. The molecule has 0 aliphatic heterocycles. The third-order valence-corrected chi connectivity index (χ3v) is 3.53. The summed E-state index contributed by atoms with van der Waals surface area (Å²) in [5.41, 5.74) is 2.85. The number of halogens is 2. The third-order valence-electron chi connectivity index (χ3n) is 2.79. The Kier molecular flexibility index (Phi) is 3.35. The summed E-state index contributed by atoms with van der Waals surface area (Å²) < 4.78 is 5.79. The van der Waals surface area contributed by atoms with Crippen molar-refractivity contribution in [1.29, 1.82) is 0 Å². The van der Waals surface area contributed by atoms with Gasteiger partial charge in [-0.05, 0) is 35.0 Å². The first-order valence-corrected chi connectivity index (χ1v) is 7.08. The Morgan fingerprint density at radius 3 is 3.00 bits per heavy atom. The van der Waals surface area contributed by atoms with Crippen LogP contribution in [0.25, 0.3) is 22.1 Å². The summed E-state index contributed by atoms with van der Waals surface area (Å²) in [6.45, 7) is 2.03. The summed E-state index contributed by atoms with van der Waals surface area (Å²) in [6, 6.07) is 3.37. The van der Waals surface area contributed by atoms with E-state index >= 15 is 0 Å². The van der Waals surface area contributed by atoms with Crippen molar-refractivity contribution >= 4 is 55.6 Å². The lowest BCUT2D eigenvalue weighted by Crippen LogP contribution is -2.07. The zero-order chi connectivity index (χ0) is 14.3. The number of fused-ring (bicyclic) bond motifs is 3. The molecule has 3 rings (SSSR count). The fourth-order valence-corrected chi connectivity index (χ4v) is 2.54. The van der Waals surface area contributed by atoms with Gasteiger partial charge in [-0.25, -0.2) is 9.78 Å². The SMILES string of the molecule is CCOC(=O)c1cc(Cl)c2[nH]c3cc(Br)cnc3c2n1. The number of esters is 1.